The number of ether oxygens (including phenoxy) is 2. The Hall–Kier alpha value is -2.70. The van der Waals surface area contributed by atoms with Crippen molar-refractivity contribution < 1.29 is 14.3 Å². The van der Waals surface area contributed by atoms with Gasteiger partial charge in [-0.25, -0.2) is 4.79 Å². The lowest BCUT2D eigenvalue weighted by atomic mass is 10.2. The van der Waals surface area contributed by atoms with Gasteiger partial charge in [0.05, 0.1) is 18.4 Å². The Morgan fingerprint density at radius 2 is 2.23 bits per heavy atom. The molecule has 0 aliphatic carbocycles. The predicted octanol–water partition coefficient (Wildman–Crippen LogP) is 1.86. The van der Waals surface area contributed by atoms with Crippen molar-refractivity contribution >= 4 is 11.7 Å². The van der Waals surface area contributed by atoms with Crippen LogP contribution in [0.1, 0.15) is 6.92 Å². The first kappa shape index (κ1) is 14.2. The standard InChI is InChI=1S/C15H18N4O3/c1-2-19-9-11(7-17-19)18-15(20)16-8-12-10-21-13-5-3-4-6-14(13)22-12/h3-7,9,12H,2,8,10H2,1H3,(H2,16,18,20). The van der Waals surface area contributed by atoms with Gasteiger partial charge >= 0.3 is 6.03 Å². The van der Waals surface area contributed by atoms with Gasteiger partial charge in [-0.2, -0.15) is 5.10 Å². The van der Waals surface area contributed by atoms with E-state index in [2.05, 4.69) is 15.7 Å². The summed E-state index contributed by atoms with van der Waals surface area (Å²) in [5.41, 5.74) is 0.658. The summed E-state index contributed by atoms with van der Waals surface area (Å²) in [5.74, 6) is 1.43. The first-order valence-corrected chi connectivity index (χ1v) is 7.20. The van der Waals surface area contributed by atoms with Crippen molar-refractivity contribution in [3.05, 3.63) is 36.7 Å². The van der Waals surface area contributed by atoms with E-state index in [1.807, 2.05) is 31.2 Å². The first-order chi connectivity index (χ1) is 10.7. The van der Waals surface area contributed by atoms with Crippen LogP contribution in [0.25, 0.3) is 0 Å². The molecule has 1 unspecified atom stereocenters. The van der Waals surface area contributed by atoms with E-state index in [4.69, 9.17) is 9.47 Å². The minimum absolute atomic E-state index is 0.209. The Bertz CT molecular complexity index is 656. The summed E-state index contributed by atoms with van der Waals surface area (Å²) in [6, 6.07) is 7.19. The van der Waals surface area contributed by atoms with Crippen molar-refractivity contribution in [2.75, 3.05) is 18.5 Å². The topological polar surface area (TPSA) is 77.4 Å². The maximum absolute atomic E-state index is 11.8. The molecule has 1 aromatic carbocycles. The second kappa shape index (κ2) is 6.38. The van der Waals surface area contributed by atoms with Gasteiger partial charge in [-0.15, -0.1) is 0 Å². The summed E-state index contributed by atoms with van der Waals surface area (Å²) in [4.78, 5) is 11.8. The molecule has 1 aliphatic rings. The quantitative estimate of drug-likeness (QED) is 0.904. The van der Waals surface area contributed by atoms with Crippen molar-refractivity contribution in [2.45, 2.75) is 19.6 Å². The van der Waals surface area contributed by atoms with E-state index in [-0.39, 0.29) is 12.1 Å². The Labute approximate surface area is 128 Å². The van der Waals surface area contributed by atoms with Crippen LogP contribution in [0.3, 0.4) is 0 Å². The number of hydrogen-bond donors (Lipinski definition) is 2. The molecule has 2 heterocycles. The molecule has 0 fully saturated rings. The van der Waals surface area contributed by atoms with Gasteiger partial charge in [0.1, 0.15) is 6.61 Å². The molecule has 0 saturated carbocycles. The number of carbonyl (C=O) groups excluding carboxylic acids is 1. The molecule has 0 radical (unpaired) electrons. The van der Waals surface area contributed by atoms with E-state index < -0.39 is 0 Å². The number of aromatic nitrogens is 2. The number of para-hydroxylation sites is 2. The number of urea groups is 1. The molecule has 1 atom stereocenters. The van der Waals surface area contributed by atoms with Gasteiger partial charge in [-0.3, -0.25) is 4.68 Å². The van der Waals surface area contributed by atoms with Crippen molar-refractivity contribution in [3.8, 4) is 11.5 Å². The smallest absolute Gasteiger partial charge is 0.319 e. The van der Waals surface area contributed by atoms with Crippen LogP contribution < -0.4 is 20.1 Å². The van der Waals surface area contributed by atoms with Gasteiger partial charge in [0.2, 0.25) is 0 Å². The molecule has 116 valence electrons. The van der Waals surface area contributed by atoms with Crippen LogP contribution >= 0.6 is 0 Å². The Kier molecular flexibility index (Phi) is 4.13. The predicted molar refractivity (Wildman–Crippen MR) is 81.3 cm³/mol. The first-order valence-electron chi connectivity index (χ1n) is 7.20. The highest BCUT2D eigenvalue weighted by atomic mass is 16.6. The number of anilines is 1. The molecule has 0 spiro atoms. The highest BCUT2D eigenvalue weighted by Gasteiger charge is 2.21. The zero-order valence-corrected chi connectivity index (χ0v) is 12.3. The number of nitrogens with zero attached hydrogens (tertiary/aromatic N) is 2. The van der Waals surface area contributed by atoms with E-state index in [1.165, 1.54) is 0 Å². The van der Waals surface area contributed by atoms with E-state index in [0.29, 0.717) is 24.6 Å². The molecule has 1 aliphatic heterocycles. The lowest BCUT2D eigenvalue weighted by molar-refractivity contribution is 0.0922. The van der Waals surface area contributed by atoms with Crippen LogP contribution in [0, 0.1) is 0 Å². The summed E-state index contributed by atoms with van der Waals surface area (Å²) >= 11 is 0. The van der Waals surface area contributed by atoms with Gasteiger partial charge in [-0.1, -0.05) is 12.1 Å². The SMILES string of the molecule is CCn1cc(NC(=O)NCC2COc3ccccc3O2)cn1. The molecule has 1 aromatic heterocycles. The third-order valence-corrected chi connectivity index (χ3v) is 3.27. The third-order valence-electron chi connectivity index (χ3n) is 3.27. The summed E-state index contributed by atoms with van der Waals surface area (Å²) in [5, 5.41) is 9.58. The van der Waals surface area contributed by atoms with Gasteiger partial charge in [0.25, 0.3) is 0 Å². The monoisotopic (exact) mass is 302 g/mol. The van der Waals surface area contributed by atoms with Crippen LogP contribution in [0.4, 0.5) is 10.5 Å². The van der Waals surface area contributed by atoms with Crippen molar-refractivity contribution in [1.82, 2.24) is 15.1 Å². The number of amides is 2. The molecule has 3 rings (SSSR count). The fraction of sp³-hybridized carbons (Fsp3) is 0.333. The second-order valence-electron chi connectivity index (χ2n) is 4.92. The molecule has 0 saturated heterocycles. The number of hydrogen-bond acceptors (Lipinski definition) is 4. The molecule has 7 heteroatoms. The number of fused-ring (bicyclic) bond motifs is 1. The van der Waals surface area contributed by atoms with Crippen LogP contribution in [0.15, 0.2) is 36.7 Å². The van der Waals surface area contributed by atoms with E-state index in [1.54, 1.807) is 17.1 Å². The Morgan fingerprint density at radius 1 is 1.41 bits per heavy atom. The Morgan fingerprint density at radius 3 is 3.00 bits per heavy atom. The largest absolute Gasteiger partial charge is 0.486 e. The summed E-state index contributed by atoms with van der Waals surface area (Å²) < 4.78 is 13.1. The molecular formula is C15H18N4O3. The normalized spacial score (nSPS) is 16.1. The zero-order valence-electron chi connectivity index (χ0n) is 12.3. The third kappa shape index (κ3) is 3.30. The second-order valence-corrected chi connectivity index (χ2v) is 4.92. The molecular weight excluding hydrogens is 284 g/mol. The van der Waals surface area contributed by atoms with Gasteiger partial charge in [-0.05, 0) is 19.1 Å². The van der Waals surface area contributed by atoms with Crippen LogP contribution in [-0.4, -0.2) is 35.1 Å². The fourth-order valence-corrected chi connectivity index (χ4v) is 2.15. The van der Waals surface area contributed by atoms with E-state index >= 15 is 0 Å². The maximum atomic E-state index is 11.8. The molecule has 7 nitrogen and oxygen atoms in total. The zero-order chi connectivity index (χ0) is 15.4. The summed E-state index contributed by atoms with van der Waals surface area (Å²) in [7, 11) is 0. The molecule has 0 bridgehead atoms. The summed E-state index contributed by atoms with van der Waals surface area (Å²) in [6.07, 6.45) is 3.18. The Balaban J connectivity index is 1.47. The number of rotatable bonds is 4. The summed E-state index contributed by atoms with van der Waals surface area (Å²) in [6.45, 7) is 3.51. The van der Waals surface area contributed by atoms with E-state index in [9.17, 15) is 4.79 Å². The van der Waals surface area contributed by atoms with Crippen molar-refractivity contribution in [1.29, 1.82) is 0 Å². The number of carbonyl (C=O) groups is 1. The van der Waals surface area contributed by atoms with Crippen LogP contribution in [-0.2, 0) is 6.54 Å². The number of benzene rings is 1. The van der Waals surface area contributed by atoms with Gasteiger partial charge < -0.3 is 20.1 Å². The molecule has 2 amide bonds. The number of nitrogens with one attached hydrogen (secondary N) is 2. The minimum atomic E-state index is -0.293. The maximum Gasteiger partial charge on any atom is 0.319 e. The molecule has 22 heavy (non-hydrogen) atoms. The number of aryl methyl sites for hydroxylation is 1. The molecule has 2 aromatic rings. The highest BCUT2D eigenvalue weighted by molar-refractivity contribution is 5.88. The van der Waals surface area contributed by atoms with Gasteiger partial charge in [0.15, 0.2) is 17.6 Å². The lowest BCUT2D eigenvalue weighted by Gasteiger charge is -2.26. The van der Waals surface area contributed by atoms with E-state index in [0.717, 1.165) is 12.3 Å². The van der Waals surface area contributed by atoms with Gasteiger partial charge in [0, 0.05) is 12.7 Å². The highest BCUT2D eigenvalue weighted by Crippen LogP contribution is 2.30. The van der Waals surface area contributed by atoms with Crippen LogP contribution in [0.5, 0.6) is 11.5 Å². The lowest BCUT2D eigenvalue weighted by Crippen LogP contribution is -2.42. The van der Waals surface area contributed by atoms with Crippen LogP contribution in [0.2, 0.25) is 0 Å². The minimum Gasteiger partial charge on any atom is -0.486 e. The average molecular weight is 302 g/mol. The van der Waals surface area contributed by atoms with Crippen molar-refractivity contribution in [3.63, 3.8) is 0 Å². The fourth-order valence-electron chi connectivity index (χ4n) is 2.15. The average Bonchev–Trinajstić information content (AvgIpc) is 3.00. The van der Waals surface area contributed by atoms with Crippen molar-refractivity contribution in [2.24, 2.45) is 0 Å². The molecule has 2 N–H and O–H groups in total.